The van der Waals surface area contributed by atoms with Crippen LogP contribution in [-0.4, -0.2) is 38.7 Å². The van der Waals surface area contributed by atoms with Crippen LogP contribution in [0.3, 0.4) is 0 Å². The Bertz CT molecular complexity index is 580. The van der Waals surface area contributed by atoms with E-state index in [1.807, 2.05) is 13.8 Å². The zero-order valence-electron chi connectivity index (χ0n) is 11.6. The first kappa shape index (κ1) is 14.3. The number of sulfonamides is 1. The molecule has 1 fully saturated rings. The minimum atomic E-state index is -3.55. The molecule has 2 rings (SSSR count). The van der Waals surface area contributed by atoms with E-state index in [0.29, 0.717) is 22.8 Å². The third-order valence-electron chi connectivity index (χ3n) is 3.29. The van der Waals surface area contributed by atoms with Crippen molar-refractivity contribution >= 4 is 10.0 Å². The Morgan fingerprint density at radius 2 is 2.05 bits per heavy atom. The Labute approximate surface area is 114 Å². The van der Waals surface area contributed by atoms with Crippen LogP contribution < -0.4 is 4.74 Å². The number of ether oxygens (including phenoxy) is 2. The lowest BCUT2D eigenvalue weighted by Gasteiger charge is -2.28. The number of methoxy groups -OCH3 is 1. The first-order chi connectivity index (χ1) is 8.79. The molecule has 6 heteroatoms. The van der Waals surface area contributed by atoms with Gasteiger partial charge >= 0.3 is 0 Å². The van der Waals surface area contributed by atoms with Gasteiger partial charge in [-0.1, -0.05) is 0 Å². The van der Waals surface area contributed by atoms with Crippen LogP contribution in [0.5, 0.6) is 5.75 Å². The highest BCUT2D eigenvalue weighted by atomic mass is 32.2. The number of benzene rings is 1. The maximum Gasteiger partial charge on any atom is 0.245 e. The van der Waals surface area contributed by atoms with Crippen molar-refractivity contribution in [2.45, 2.75) is 31.2 Å². The zero-order chi connectivity index (χ0) is 14.3. The molecule has 106 valence electrons. The Morgan fingerprint density at radius 1 is 1.37 bits per heavy atom. The van der Waals surface area contributed by atoms with Crippen molar-refractivity contribution in [2.75, 3.05) is 20.4 Å². The summed E-state index contributed by atoms with van der Waals surface area (Å²) in [7, 11) is -1.99. The summed E-state index contributed by atoms with van der Waals surface area (Å²) >= 11 is 0. The van der Waals surface area contributed by atoms with Gasteiger partial charge in [0.15, 0.2) is 0 Å². The SMILES string of the molecule is COc1ccc(S(=O)(=O)N2COCC2(C)C)c(C)c1. The van der Waals surface area contributed by atoms with E-state index in [1.54, 1.807) is 32.2 Å². The average Bonchev–Trinajstić information content (AvgIpc) is 2.69. The van der Waals surface area contributed by atoms with E-state index in [0.717, 1.165) is 0 Å². The molecule has 0 atom stereocenters. The summed E-state index contributed by atoms with van der Waals surface area (Å²) in [6, 6.07) is 4.96. The van der Waals surface area contributed by atoms with Gasteiger partial charge in [-0.3, -0.25) is 0 Å². The van der Waals surface area contributed by atoms with E-state index < -0.39 is 15.6 Å². The number of hydrogen-bond donors (Lipinski definition) is 0. The van der Waals surface area contributed by atoms with Crippen molar-refractivity contribution in [1.82, 2.24) is 4.31 Å². The summed E-state index contributed by atoms with van der Waals surface area (Å²) in [5.41, 5.74) is 0.146. The number of aryl methyl sites for hydroxylation is 1. The summed E-state index contributed by atoms with van der Waals surface area (Å²) < 4.78 is 37.1. The van der Waals surface area contributed by atoms with Crippen LogP contribution in [0.2, 0.25) is 0 Å². The lowest BCUT2D eigenvalue weighted by atomic mass is 10.1. The summed E-state index contributed by atoms with van der Waals surface area (Å²) in [5.74, 6) is 0.647. The first-order valence-corrected chi connectivity index (χ1v) is 7.48. The molecule has 1 aromatic rings. The highest BCUT2D eigenvalue weighted by Gasteiger charge is 2.42. The lowest BCUT2D eigenvalue weighted by Crippen LogP contribution is -2.44. The van der Waals surface area contributed by atoms with E-state index in [-0.39, 0.29) is 6.73 Å². The predicted octanol–water partition coefficient (Wildman–Crippen LogP) is 1.76. The molecule has 0 aromatic heterocycles. The quantitative estimate of drug-likeness (QED) is 0.849. The van der Waals surface area contributed by atoms with E-state index in [2.05, 4.69) is 0 Å². The van der Waals surface area contributed by atoms with E-state index in [9.17, 15) is 8.42 Å². The molecule has 0 unspecified atom stereocenters. The molecule has 0 N–H and O–H groups in total. The van der Waals surface area contributed by atoms with Crippen LogP contribution in [0.25, 0.3) is 0 Å². The Kier molecular flexibility index (Phi) is 3.59. The number of hydrogen-bond acceptors (Lipinski definition) is 4. The van der Waals surface area contributed by atoms with Gasteiger partial charge < -0.3 is 9.47 Å². The van der Waals surface area contributed by atoms with Gasteiger partial charge in [-0.05, 0) is 44.5 Å². The average molecular weight is 285 g/mol. The Morgan fingerprint density at radius 3 is 2.53 bits per heavy atom. The number of nitrogens with zero attached hydrogens (tertiary/aromatic N) is 1. The van der Waals surface area contributed by atoms with Gasteiger partial charge in [0.25, 0.3) is 0 Å². The highest BCUT2D eigenvalue weighted by Crippen LogP contribution is 2.31. The van der Waals surface area contributed by atoms with Crippen molar-refractivity contribution < 1.29 is 17.9 Å². The molecule has 0 bridgehead atoms. The minimum Gasteiger partial charge on any atom is -0.497 e. The largest absolute Gasteiger partial charge is 0.497 e. The molecule has 0 radical (unpaired) electrons. The van der Waals surface area contributed by atoms with Crippen LogP contribution in [0.15, 0.2) is 23.1 Å². The fourth-order valence-electron chi connectivity index (χ4n) is 2.18. The normalized spacial score (nSPS) is 19.6. The van der Waals surface area contributed by atoms with Crippen LogP contribution in [-0.2, 0) is 14.8 Å². The molecule has 0 spiro atoms. The van der Waals surface area contributed by atoms with Crippen molar-refractivity contribution in [3.63, 3.8) is 0 Å². The van der Waals surface area contributed by atoms with Crippen molar-refractivity contribution in [3.05, 3.63) is 23.8 Å². The van der Waals surface area contributed by atoms with E-state index in [1.165, 1.54) is 4.31 Å². The van der Waals surface area contributed by atoms with Crippen LogP contribution in [0, 0.1) is 6.92 Å². The molecule has 5 nitrogen and oxygen atoms in total. The third kappa shape index (κ3) is 2.48. The van der Waals surface area contributed by atoms with Crippen LogP contribution >= 0.6 is 0 Å². The zero-order valence-corrected chi connectivity index (χ0v) is 12.5. The van der Waals surface area contributed by atoms with Gasteiger partial charge in [0.1, 0.15) is 12.5 Å². The maximum absolute atomic E-state index is 12.7. The van der Waals surface area contributed by atoms with Crippen LogP contribution in [0.4, 0.5) is 0 Å². The van der Waals surface area contributed by atoms with Crippen LogP contribution in [0.1, 0.15) is 19.4 Å². The molecule has 19 heavy (non-hydrogen) atoms. The molecular formula is C13H19NO4S. The molecule has 0 aliphatic carbocycles. The topological polar surface area (TPSA) is 55.8 Å². The van der Waals surface area contributed by atoms with Gasteiger partial charge in [-0.25, -0.2) is 8.42 Å². The van der Waals surface area contributed by atoms with Gasteiger partial charge in [-0.15, -0.1) is 0 Å². The summed E-state index contributed by atoms with van der Waals surface area (Å²) in [4.78, 5) is 0.298. The smallest absolute Gasteiger partial charge is 0.245 e. The second-order valence-electron chi connectivity index (χ2n) is 5.27. The second-order valence-corrected chi connectivity index (χ2v) is 7.11. The minimum absolute atomic E-state index is 0.0980. The molecule has 1 saturated heterocycles. The monoisotopic (exact) mass is 285 g/mol. The van der Waals surface area contributed by atoms with E-state index >= 15 is 0 Å². The maximum atomic E-state index is 12.7. The Hall–Kier alpha value is -1.11. The fourth-order valence-corrected chi connectivity index (χ4v) is 4.04. The molecular weight excluding hydrogens is 266 g/mol. The van der Waals surface area contributed by atoms with E-state index in [4.69, 9.17) is 9.47 Å². The Balaban J connectivity index is 2.46. The van der Waals surface area contributed by atoms with Crippen molar-refractivity contribution in [3.8, 4) is 5.75 Å². The second kappa shape index (κ2) is 4.77. The molecule has 0 amide bonds. The van der Waals surface area contributed by atoms with Gasteiger partial charge in [-0.2, -0.15) is 4.31 Å². The van der Waals surface area contributed by atoms with Crippen molar-refractivity contribution in [1.29, 1.82) is 0 Å². The number of rotatable bonds is 3. The summed E-state index contributed by atoms with van der Waals surface area (Å²) in [5, 5.41) is 0. The summed E-state index contributed by atoms with van der Waals surface area (Å²) in [6.45, 7) is 5.98. The molecule has 1 aliphatic rings. The van der Waals surface area contributed by atoms with Gasteiger partial charge in [0, 0.05) is 0 Å². The third-order valence-corrected chi connectivity index (χ3v) is 5.48. The molecule has 1 aliphatic heterocycles. The fraction of sp³-hybridized carbons (Fsp3) is 0.538. The molecule has 1 aromatic carbocycles. The van der Waals surface area contributed by atoms with Crippen molar-refractivity contribution in [2.24, 2.45) is 0 Å². The molecule has 0 saturated carbocycles. The predicted molar refractivity (Wildman–Crippen MR) is 71.7 cm³/mol. The lowest BCUT2D eigenvalue weighted by molar-refractivity contribution is 0.171. The molecule has 1 heterocycles. The first-order valence-electron chi connectivity index (χ1n) is 6.04. The highest BCUT2D eigenvalue weighted by molar-refractivity contribution is 7.89. The standard InChI is InChI=1S/C13H19NO4S/c1-10-7-11(17-4)5-6-12(10)19(15,16)14-9-18-8-13(14,2)3/h5-7H,8-9H2,1-4H3. The summed E-state index contributed by atoms with van der Waals surface area (Å²) in [6.07, 6.45) is 0. The van der Waals surface area contributed by atoms with Gasteiger partial charge in [0.2, 0.25) is 10.0 Å². The van der Waals surface area contributed by atoms with Gasteiger partial charge in [0.05, 0.1) is 24.2 Å².